The predicted molar refractivity (Wildman–Crippen MR) is 45.6 cm³/mol. The summed E-state index contributed by atoms with van der Waals surface area (Å²) in [6.07, 6.45) is 1.29. The van der Waals surface area contributed by atoms with Crippen molar-refractivity contribution in [1.29, 1.82) is 0 Å². The molecule has 0 aromatic carbocycles. The summed E-state index contributed by atoms with van der Waals surface area (Å²) in [4.78, 5) is 11.7. The molecule has 2 nitrogen and oxygen atoms in total. The van der Waals surface area contributed by atoms with Crippen LogP contribution in [0.4, 0.5) is 0 Å². The minimum atomic E-state index is -0.682. The van der Waals surface area contributed by atoms with E-state index >= 15 is 0 Å². The number of ketones is 1. The van der Waals surface area contributed by atoms with E-state index in [2.05, 4.69) is 13.8 Å². The Balaban J connectivity index is 2.50. The Hall–Kier alpha value is -0.370. The Labute approximate surface area is 73.0 Å². The second-order valence-corrected chi connectivity index (χ2v) is 5.01. The standard InChI is InChI=1S/C10H16O2/c1-9(2)6-4-5-10(9,3)8(12)7(6)11/h6-7,11H,4-5H2,1-3H3/t6-,7-,10+/m1/s1. The van der Waals surface area contributed by atoms with Crippen molar-refractivity contribution < 1.29 is 9.90 Å². The van der Waals surface area contributed by atoms with Crippen LogP contribution in [0.1, 0.15) is 33.6 Å². The molecule has 0 aromatic rings. The van der Waals surface area contributed by atoms with Crippen molar-refractivity contribution in [2.24, 2.45) is 16.7 Å². The van der Waals surface area contributed by atoms with Gasteiger partial charge in [-0.2, -0.15) is 0 Å². The monoisotopic (exact) mass is 168 g/mol. The maximum absolute atomic E-state index is 11.7. The maximum atomic E-state index is 11.7. The van der Waals surface area contributed by atoms with Crippen molar-refractivity contribution >= 4 is 5.78 Å². The lowest BCUT2D eigenvalue weighted by Gasteiger charge is -2.31. The molecule has 2 heteroatoms. The van der Waals surface area contributed by atoms with E-state index < -0.39 is 6.10 Å². The van der Waals surface area contributed by atoms with E-state index in [0.717, 1.165) is 12.8 Å². The maximum Gasteiger partial charge on any atom is 0.167 e. The molecule has 0 aliphatic heterocycles. The Morgan fingerprint density at radius 3 is 2.25 bits per heavy atom. The van der Waals surface area contributed by atoms with Gasteiger partial charge in [-0.1, -0.05) is 20.8 Å². The van der Waals surface area contributed by atoms with Crippen LogP contribution in [0.5, 0.6) is 0 Å². The highest BCUT2D eigenvalue weighted by Crippen LogP contribution is 2.63. The molecular formula is C10H16O2. The zero-order valence-electron chi connectivity index (χ0n) is 7.92. The van der Waals surface area contributed by atoms with E-state index in [9.17, 15) is 9.90 Å². The molecule has 2 aliphatic rings. The summed E-state index contributed by atoms with van der Waals surface area (Å²) in [6, 6.07) is 0. The number of aliphatic hydroxyl groups is 1. The van der Waals surface area contributed by atoms with E-state index in [-0.39, 0.29) is 22.5 Å². The molecule has 0 saturated heterocycles. The molecule has 2 rings (SSSR count). The lowest BCUT2D eigenvalue weighted by Crippen LogP contribution is -2.34. The van der Waals surface area contributed by atoms with Crippen molar-refractivity contribution in [3.05, 3.63) is 0 Å². The summed E-state index contributed by atoms with van der Waals surface area (Å²) in [5, 5.41) is 9.64. The Morgan fingerprint density at radius 2 is 2.00 bits per heavy atom. The molecule has 68 valence electrons. The van der Waals surface area contributed by atoms with Crippen LogP contribution in [0, 0.1) is 16.7 Å². The number of fused-ring (bicyclic) bond motifs is 2. The summed E-state index contributed by atoms with van der Waals surface area (Å²) < 4.78 is 0. The van der Waals surface area contributed by atoms with Crippen molar-refractivity contribution in [3.8, 4) is 0 Å². The zero-order chi connectivity index (χ0) is 9.15. The summed E-state index contributed by atoms with van der Waals surface area (Å²) in [6.45, 7) is 6.23. The highest BCUT2D eigenvalue weighted by Gasteiger charge is 2.65. The molecule has 2 bridgehead atoms. The zero-order valence-corrected chi connectivity index (χ0v) is 7.92. The second-order valence-electron chi connectivity index (χ2n) is 5.01. The molecule has 0 heterocycles. The Morgan fingerprint density at radius 1 is 1.42 bits per heavy atom. The van der Waals surface area contributed by atoms with Crippen LogP contribution in [-0.2, 0) is 4.79 Å². The highest BCUT2D eigenvalue weighted by atomic mass is 16.3. The number of carbonyl (C=O) groups is 1. The van der Waals surface area contributed by atoms with Crippen molar-refractivity contribution in [2.75, 3.05) is 0 Å². The number of hydrogen-bond acceptors (Lipinski definition) is 2. The fourth-order valence-corrected chi connectivity index (χ4v) is 3.04. The molecular weight excluding hydrogens is 152 g/mol. The van der Waals surface area contributed by atoms with Gasteiger partial charge in [0.2, 0.25) is 0 Å². The van der Waals surface area contributed by atoms with Gasteiger partial charge in [-0.25, -0.2) is 0 Å². The van der Waals surface area contributed by atoms with Gasteiger partial charge in [0.05, 0.1) is 0 Å². The molecule has 2 aliphatic carbocycles. The van der Waals surface area contributed by atoms with Gasteiger partial charge in [-0.15, -0.1) is 0 Å². The van der Waals surface area contributed by atoms with Crippen molar-refractivity contribution in [3.63, 3.8) is 0 Å². The van der Waals surface area contributed by atoms with Crippen LogP contribution in [0.25, 0.3) is 0 Å². The number of hydrogen-bond donors (Lipinski definition) is 1. The van der Waals surface area contributed by atoms with E-state index in [1.54, 1.807) is 0 Å². The normalized spacial score (nSPS) is 50.2. The fraction of sp³-hybridized carbons (Fsp3) is 0.900. The molecule has 0 amide bonds. The minimum absolute atomic E-state index is 0.00347. The van der Waals surface area contributed by atoms with Crippen LogP contribution < -0.4 is 0 Å². The van der Waals surface area contributed by atoms with E-state index in [1.807, 2.05) is 6.92 Å². The SMILES string of the molecule is CC1(C)[C@@H]2CC[C@@]1(C)C(=O)[C@@H]2O. The van der Waals surface area contributed by atoms with E-state index in [1.165, 1.54) is 0 Å². The molecule has 0 radical (unpaired) electrons. The Bertz CT molecular complexity index is 244. The molecule has 2 fully saturated rings. The highest BCUT2D eigenvalue weighted by molar-refractivity contribution is 5.93. The van der Waals surface area contributed by atoms with Gasteiger partial charge >= 0.3 is 0 Å². The first-order valence-corrected chi connectivity index (χ1v) is 4.63. The van der Waals surface area contributed by atoms with Gasteiger partial charge in [0.25, 0.3) is 0 Å². The van der Waals surface area contributed by atoms with Gasteiger partial charge in [0.15, 0.2) is 5.78 Å². The van der Waals surface area contributed by atoms with Crippen LogP contribution in [0.15, 0.2) is 0 Å². The van der Waals surface area contributed by atoms with Gasteiger partial charge in [-0.3, -0.25) is 4.79 Å². The molecule has 0 unspecified atom stereocenters. The number of Topliss-reactive ketones (excluding diaryl/α,β-unsaturated/α-hetero) is 1. The molecule has 1 N–H and O–H groups in total. The third kappa shape index (κ3) is 0.598. The average Bonchev–Trinajstić information content (AvgIpc) is 2.26. The van der Waals surface area contributed by atoms with E-state index in [0.29, 0.717) is 0 Å². The quantitative estimate of drug-likeness (QED) is 0.593. The summed E-state index contributed by atoms with van der Waals surface area (Å²) in [5.41, 5.74) is -0.249. The van der Waals surface area contributed by atoms with Crippen molar-refractivity contribution in [2.45, 2.75) is 39.7 Å². The molecule has 12 heavy (non-hydrogen) atoms. The summed E-state index contributed by atoms with van der Waals surface area (Å²) in [5.74, 6) is 0.277. The van der Waals surface area contributed by atoms with Crippen LogP contribution >= 0.6 is 0 Å². The smallest absolute Gasteiger partial charge is 0.167 e. The first-order chi connectivity index (χ1) is 5.41. The first-order valence-electron chi connectivity index (χ1n) is 4.63. The third-order valence-corrected chi connectivity index (χ3v) is 4.50. The third-order valence-electron chi connectivity index (χ3n) is 4.50. The van der Waals surface area contributed by atoms with Gasteiger partial charge in [0, 0.05) is 5.41 Å². The number of rotatable bonds is 0. The molecule has 2 saturated carbocycles. The largest absolute Gasteiger partial charge is 0.385 e. The lowest BCUT2D eigenvalue weighted by molar-refractivity contribution is -0.135. The number of aliphatic hydroxyl groups excluding tert-OH is 1. The van der Waals surface area contributed by atoms with Crippen LogP contribution in [0.3, 0.4) is 0 Å². The fourth-order valence-electron chi connectivity index (χ4n) is 3.04. The second kappa shape index (κ2) is 1.92. The number of carbonyl (C=O) groups excluding carboxylic acids is 1. The summed E-state index contributed by atoms with van der Waals surface area (Å²) in [7, 11) is 0. The molecule has 0 aromatic heterocycles. The van der Waals surface area contributed by atoms with Gasteiger partial charge < -0.3 is 5.11 Å². The lowest BCUT2D eigenvalue weighted by atomic mass is 9.70. The minimum Gasteiger partial charge on any atom is -0.385 e. The summed E-state index contributed by atoms with van der Waals surface area (Å²) >= 11 is 0. The molecule has 0 spiro atoms. The Kier molecular flexibility index (Phi) is 1.32. The predicted octanol–water partition coefficient (Wildman–Crippen LogP) is 1.37. The average molecular weight is 168 g/mol. The van der Waals surface area contributed by atoms with E-state index in [4.69, 9.17) is 0 Å². The van der Waals surface area contributed by atoms with Gasteiger partial charge in [0.1, 0.15) is 6.10 Å². The topological polar surface area (TPSA) is 37.3 Å². The van der Waals surface area contributed by atoms with Crippen LogP contribution in [-0.4, -0.2) is 17.0 Å². The van der Waals surface area contributed by atoms with Gasteiger partial charge in [-0.05, 0) is 24.2 Å². The van der Waals surface area contributed by atoms with Crippen molar-refractivity contribution in [1.82, 2.24) is 0 Å². The first kappa shape index (κ1) is 8.24. The van der Waals surface area contributed by atoms with Crippen LogP contribution in [0.2, 0.25) is 0 Å². The molecule has 3 atom stereocenters.